The van der Waals surface area contributed by atoms with Crippen molar-refractivity contribution >= 4 is 24.2 Å². The molecule has 0 bridgehead atoms. The predicted octanol–water partition coefficient (Wildman–Crippen LogP) is 2.17. The summed E-state index contributed by atoms with van der Waals surface area (Å²) in [5.41, 5.74) is 0.707. The number of amides is 2. The Morgan fingerprint density at radius 3 is 2.40 bits per heavy atom. The minimum atomic E-state index is -0.0537. The molecule has 2 fully saturated rings. The molecule has 138 valence electrons. The van der Waals surface area contributed by atoms with Crippen molar-refractivity contribution in [2.45, 2.75) is 31.7 Å². The average molecular weight is 366 g/mol. The number of likely N-dealkylation sites (N-methyl/N-ethyl adjacent to an activating group) is 1. The summed E-state index contributed by atoms with van der Waals surface area (Å²) < 4.78 is 0. The topological polar surface area (TPSA) is 52.7 Å². The van der Waals surface area contributed by atoms with Crippen molar-refractivity contribution in [1.82, 2.24) is 15.1 Å². The Balaban J connectivity index is 0.00000225. The van der Waals surface area contributed by atoms with E-state index in [1.807, 2.05) is 47.2 Å². The molecule has 2 amide bonds. The molecule has 0 saturated carbocycles. The number of piperidine rings is 2. The van der Waals surface area contributed by atoms with Crippen LogP contribution < -0.4 is 5.32 Å². The third-order valence-electron chi connectivity index (χ3n) is 5.22. The van der Waals surface area contributed by atoms with E-state index >= 15 is 0 Å². The largest absolute Gasteiger partial charge is 0.341 e. The number of hydrogen-bond donors (Lipinski definition) is 1. The van der Waals surface area contributed by atoms with Gasteiger partial charge in [-0.1, -0.05) is 18.2 Å². The van der Waals surface area contributed by atoms with Crippen LogP contribution in [0.4, 0.5) is 0 Å². The molecule has 0 aromatic heterocycles. The predicted molar refractivity (Wildman–Crippen MR) is 101 cm³/mol. The molecule has 0 spiro atoms. The van der Waals surface area contributed by atoms with Crippen LogP contribution in [0.5, 0.6) is 0 Å². The van der Waals surface area contributed by atoms with E-state index in [4.69, 9.17) is 0 Å². The number of hydrogen-bond acceptors (Lipinski definition) is 3. The summed E-state index contributed by atoms with van der Waals surface area (Å²) in [6.07, 6.45) is 3.97. The van der Waals surface area contributed by atoms with Crippen molar-refractivity contribution < 1.29 is 9.59 Å². The molecular formula is C19H28ClN3O2. The molecule has 2 heterocycles. The lowest BCUT2D eigenvalue weighted by atomic mass is 9.94. The number of halogens is 1. The molecule has 2 aliphatic heterocycles. The Labute approximate surface area is 156 Å². The molecule has 6 heteroatoms. The van der Waals surface area contributed by atoms with E-state index < -0.39 is 0 Å². The van der Waals surface area contributed by atoms with Gasteiger partial charge in [0.15, 0.2) is 0 Å². The van der Waals surface area contributed by atoms with Crippen LogP contribution in [0.25, 0.3) is 0 Å². The summed E-state index contributed by atoms with van der Waals surface area (Å²) in [5.74, 6) is 0.211. The molecular weight excluding hydrogens is 338 g/mol. The zero-order valence-electron chi connectivity index (χ0n) is 14.8. The molecule has 5 nitrogen and oxygen atoms in total. The Bertz CT molecular complexity index is 581. The van der Waals surface area contributed by atoms with E-state index in [1.54, 1.807) is 0 Å². The van der Waals surface area contributed by atoms with Gasteiger partial charge in [0.2, 0.25) is 5.91 Å². The van der Waals surface area contributed by atoms with Gasteiger partial charge in [0.05, 0.1) is 5.92 Å². The highest BCUT2D eigenvalue weighted by Gasteiger charge is 2.33. The first-order chi connectivity index (χ1) is 11.7. The molecule has 2 unspecified atom stereocenters. The van der Waals surface area contributed by atoms with Crippen LogP contribution >= 0.6 is 12.4 Å². The molecule has 0 aliphatic carbocycles. The van der Waals surface area contributed by atoms with Crippen LogP contribution in [0.3, 0.4) is 0 Å². The van der Waals surface area contributed by atoms with E-state index in [2.05, 4.69) is 5.32 Å². The minimum Gasteiger partial charge on any atom is -0.341 e. The average Bonchev–Trinajstić information content (AvgIpc) is 2.67. The van der Waals surface area contributed by atoms with E-state index in [0.29, 0.717) is 18.2 Å². The summed E-state index contributed by atoms with van der Waals surface area (Å²) in [5, 5.41) is 3.28. The van der Waals surface area contributed by atoms with Crippen molar-refractivity contribution in [3.05, 3.63) is 35.9 Å². The van der Waals surface area contributed by atoms with Gasteiger partial charge in [0.25, 0.3) is 5.91 Å². The van der Waals surface area contributed by atoms with Crippen LogP contribution in [0.2, 0.25) is 0 Å². The summed E-state index contributed by atoms with van der Waals surface area (Å²) in [7, 11) is 1.96. The molecule has 1 N–H and O–H groups in total. The van der Waals surface area contributed by atoms with Crippen LogP contribution in [-0.4, -0.2) is 60.9 Å². The van der Waals surface area contributed by atoms with Gasteiger partial charge in [-0.2, -0.15) is 0 Å². The van der Waals surface area contributed by atoms with Crippen molar-refractivity contribution in [3.8, 4) is 0 Å². The van der Waals surface area contributed by atoms with Crippen molar-refractivity contribution in [2.24, 2.45) is 5.92 Å². The summed E-state index contributed by atoms with van der Waals surface area (Å²) in [6.45, 7) is 2.93. The maximum absolute atomic E-state index is 12.9. The Morgan fingerprint density at radius 1 is 1.00 bits per heavy atom. The highest BCUT2D eigenvalue weighted by molar-refractivity contribution is 5.94. The van der Waals surface area contributed by atoms with Crippen LogP contribution in [-0.2, 0) is 4.79 Å². The molecule has 2 saturated heterocycles. The van der Waals surface area contributed by atoms with Gasteiger partial charge in [0, 0.05) is 37.8 Å². The molecule has 1 aromatic rings. The number of benzene rings is 1. The normalized spacial score (nSPS) is 23.7. The standard InChI is InChI=1S/C19H27N3O2.ClH/c1-20-17-10-6-12-22(14-17)19(24)16-9-5-11-21(13-16)18(23)15-7-3-2-4-8-15;/h2-4,7-8,16-17,20H,5-6,9-14H2,1H3;1H. The minimum absolute atomic E-state index is 0. The van der Waals surface area contributed by atoms with Gasteiger partial charge < -0.3 is 15.1 Å². The quantitative estimate of drug-likeness (QED) is 0.893. The highest BCUT2D eigenvalue weighted by Crippen LogP contribution is 2.22. The summed E-state index contributed by atoms with van der Waals surface area (Å²) in [4.78, 5) is 29.4. The van der Waals surface area contributed by atoms with Gasteiger partial charge in [-0.25, -0.2) is 0 Å². The molecule has 2 aliphatic rings. The van der Waals surface area contributed by atoms with Gasteiger partial charge in [0.1, 0.15) is 0 Å². The first-order valence-electron chi connectivity index (χ1n) is 8.99. The monoisotopic (exact) mass is 365 g/mol. The van der Waals surface area contributed by atoms with Crippen LogP contribution in [0, 0.1) is 5.92 Å². The van der Waals surface area contributed by atoms with E-state index in [0.717, 1.165) is 45.3 Å². The van der Waals surface area contributed by atoms with E-state index in [1.165, 1.54) is 0 Å². The number of carbonyl (C=O) groups is 2. The number of carbonyl (C=O) groups excluding carboxylic acids is 2. The Kier molecular flexibility index (Phi) is 7.26. The van der Waals surface area contributed by atoms with Crippen molar-refractivity contribution in [2.75, 3.05) is 33.2 Å². The molecule has 3 rings (SSSR count). The molecule has 25 heavy (non-hydrogen) atoms. The third-order valence-corrected chi connectivity index (χ3v) is 5.22. The molecule has 0 radical (unpaired) electrons. The van der Waals surface area contributed by atoms with Gasteiger partial charge >= 0.3 is 0 Å². The number of nitrogens with zero attached hydrogens (tertiary/aromatic N) is 2. The lowest BCUT2D eigenvalue weighted by Gasteiger charge is -2.38. The number of rotatable bonds is 3. The number of likely N-dealkylation sites (tertiary alicyclic amines) is 2. The second kappa shape index (κ2) is 9.20. The zero-order valence-corrected chi connectivity index (χ0v) is 15.6. The van der Waals surface area contributed by atoms with Gasteiger partial charge in [-0.15, -0.1) is 12.4 Å². The second-order valence-electron chi connectivity index (χ2n) is 6.87. The maximum atomic E-state index is 12.9. The summed E-state index contributed by atoms with van der Waals surface area (Å²) >= 11 is 0. The lowest BCUT2D eigenvalue weighted by Crippen LogP contribution is -2.52. The second-order valence-corrected chi connectivity index (χ2v) is 6.87. The van der Waals surface area contributed by atoms with E-state index in [-0.39, 0.29) is 30.1 Å². The van der Waals surface area contributed by atoms with Gasteiger partial charge in [-0.3, -0.25) is 9.59 Å². The zero-order chi connectivity index (χ0) is 16.9. The maximum Gasteiger partial charge on any atom is 0.253 e. The summed E-state index contributed by atoms with van der Waals surface area (Å²) in [6, 6.07) is 9.75. The van der Waals surface area contributed by atoms with Crippen LogP contribution in [0.15, 0.2) is 30.3 Å². The SMILES string of the molecule is CNC1CCCN(C(=O)C2CCCN(C(=O)c3ccccc3)C2)C1.Cl. The van der Waals surface area contributed by atoms with Gasteiger partial charge in [-0.05, 0) is 44.9 Å². The first-order valence-corrected chi connectivity index (χ1v) is 8.99. The Morgan fingerprint density at radius 2 is 1.68 bits per heavy atom. The highest BCUT2D eigenvalue weighted by atomic mass is 35.5. The fraction of sp³-hybridized carbons (Fsp3) is 0.579. The lowest BCUT2D eigenvalue weighted by molar-refractivity contribution is -0.138. The fourth-order valence-electron chi connectivity index (χ4n) is 3.80. The van der Waals surface area contributed by atoms with Crippen molar-refractivity contribution in [1.29, 1.82) is 0 Å². The fourth-order valence-corrected chi connectivity index (χ4v) is 3.80. The number of nitrogens with one attached hydrogen (secondary N) is 1. The Hall–Kier alpha value is -1.59. The molecule has 1 aromatic carbocycles. The molecule has 2 atom stereocenters. The van der Waals surface area contributed by atoms with Crippen LogP contribution in [0.1, 0.15) is 36.0 Å². The third kappa shape index (κ3) is 4.73. The van der Waals surface area contributed by atoms with Crippen molar-refractivity contribution in [3.63, 3.8) is 0 Å². The smallest absolute Gasteiger partial charge is 0.253 e. The first kappa shape index (κ1) is 19.7. The van der Waals surface area contributed by atoms with E-state index in [9.17, 15) is 9.59 Å².